The molecule has 0 aliphatic heterocycles. The predicted molar refractivity (Wildman–Crippen MR) is 84.9 cm³/mol. The second kappa shape index (κ2) is 5.55. The monoisotopic (exact) mass is 352 g/mol. The quantitative estimate of drug-likeness (QED) is 0.814. The molecule has 0 unspecified atom stereocenters. The third kappa shape index (κ3) is 3.20. The van der Waals surface area contributed by atoms with Crippen LogP contribution < -0.4 is 5.32 Å². The van der Waals surface area contributed by atoms with Gasteiger partial charge in [0.15, 0.2) is 5.15 Å². The van der Waals surface area contributed by atoms with Crippen molar-refractivity contribution >= 4 is 44.1 Å². The molecule has 0 spiro atoms. The fraction of sp³-hybridized carbons (Fsp3) is 0.357. The van der Waals surface area contributed by atoms with Crippen molar-refractivity contribution in [1.29, 1.82) is 5.26 Å². The third-order valence-corrected chi connectivity index (χ3v) is 3.37. The molecular formula is C14H14BrClN4. The second-order valence-electron chi connectivity index (χ2n) is 5.70. The van der Waals surface area contributed by atoms with Gasteiger partial charge in [0, 0.05) is 18.1 Å². The Morgan fingerprint density at radius 1 is 1.45 bits per heavy atom. The maximum Gasteiger partial charge on any atom is 0.156 e. The number of rotatable bonds is 2. The minimum atomic E-state index is 0.0936. The van der Waals surface area contributed by atoms with Gasteiger partial charge in [-0.3, -0.25) is 4.98 Å². The van der Waals surface area contributed by atoms with Gasteiger partial charge in [-0.05, 0) is 27.4 Å². The van der Waals surface area contributed by atoms with E-state index in [1.807, 2.05) is 6.07 Å². The van der Waals surface area contributed by atoms with Gasteiger partial charge in [-0.2, -0.15) is 5.26 Å². The third-order valence-electron chi connectivity index (χ3n) is 2.70. The van der Waals surface area contributed by atoms with Crippen molar-refractivity contribution in [2.45, 2.75) is 20.8 Å². The summed E-state index contributed by atoms with van der Waals surface area (Å²) in [6.45, 7) is 7.11. The molecule has 0 aromatic carbocycles. The molecule has 20 heavy (non-hydrogen) atoms. The molecule has 2 aromatic rings. The molecule has 0 amide bonds. The number of hydrogen-bond donors (Lipinski definition) is 1. The van der Waals surface area contributed by atoms with Crippen LogP contribution >= 0.6 is 27.5 Å². The Kier molecular flexibility index (Phi) is 4.17. The molecule has 0 aliphatic rings. The van der Waals surface area contributed by atoms with Crippen molar-refractivity contribution in [3.8, 4) is 6.07 Å². The highest BCUT2D eigenvalue weighted by atomic mass is 79.9. The molecule has 0 saturated heterocycles. The van der Waals surface area contributed by atoms with Gasteiger partial charge < -0.3 is 5.32 Å². The van der Waals surface area contributed by atoms with Crippen LogP contribution in [-0.4, -0.2) is 16.5 Å². The average molecular weight is 354 g/mol. The van der Waals surface area contributed by atoms with Crippen LogP contribution in [0.4, 0.5) is 5.69 Å². The number of pyridine rings is 2. The van der Waals surface area contributed by atoms with E-state index in [-0.39, 0.29) is 5.41 Å². The number of nitrogens with one attached hydrogen (secondary N) is 1. The van der Waals surface area contributed by atoms with Crippen molar-refractivity contribution in [3.63, 3.8) is 0 Å². The van der Waals surface area contributed by atoms with Crippen LogP contribution in [0, 0.1) is 16.7 Å². The van der Waals surface area contributed by atoms with Gasteiger partial charge in [0.05, 0.1) is 11.3 Å². The van der Waals surface area contributed by atoms with E-state index >= 15 is 0 Å². The highest BCUT2D eigenvalue weighted by Gasteiger charge is 2.16. The standard InChI is InChI=1S/C14H14BrClN4/c1-14(2,3)7-19-11-8(5-17)6-18-12-9(11)4-10(15)20-13(12)16/h4,6H,7H2,1-3H3,(H,18,19). The number of aromatic nitrogens is 2. The maximum atomic E-state index is 9.26. The summed E-state index contributed by atoms with van der Waals surface area (Å²) in [4.78, 5) is 8.34. The molecule has 104 valence electrons. The van der Waals surface area contributed by atoms with E-state index in [0.29, 0.717) is 20.8 Å². The number of fused-ring (bicyclic) bond motifs is 1. The fourth-order valence-corrected chi connectivity index (χ4v) is 2.51. The van der Waals surface area contributed by atoms with E-state index in [0.717, 1.165) is 17.6 Å². The van der Waals surface area contributed by atoms with Crippen LogP contribution in [0.15, 0.2) is 16.9 Å². The molecule has 6 heteroatoms. The van der Waals surface area contributed by atoms with Crippen LogP contribution in [0.1, 0.15) is 26.3 Å². The van der Waals surface area contributed by atoms with E-state index < -0.39 is 0 Å². The maximum absolute atomic E-state index is 9.26. The first-order chi connectivity index (χ1) is 9.31. The van der Waals surface area contributed by atoms with Crippen molar-refractivity contribution in [2.75, 3.05) is 11.9 Å². The topological polar surface area (TPSA) is 61.6 Å². The molecule has 0 radical (unpaired) electrons. The highest BCUT2D eigenvalue weighted by Crippen LogP contribution is 2.31. The van der Waals surface area contributed by atoms with E-state index in [1.54, 1.807) is 0 Å². The molecule has 0 atom stereocenters. The Balaban J connectivity index is 2.62. The minimum absolute atomic E-state index is 0.0936. The summed E-state index contributed by atoms with van der Waals surface area (Å²) >= 11 is 9.43. The molecule has 4 nitrogen and oxygen atoms in total. The molecule has 2 aromatic heterocycles. The van der Waals surface area contributed by atoms with Crippen LogP contribution in [0.2, 0.25) is 5.15 Å². The first-order valence-electron chi connectivity index (χ1n) is 6.10. The molecule has 0 bridgehead atoms. The summed E-state index contributed by atoms with van der Waals surface area (Å²) in [5.41, 5.74) is 1.93. The summed E-state index contributed by atoms with van der Waals surface area (Å²) < 4.78 is 0.616. The fourth-order valence-electron chi connectivity index (χ4n) is 1.76. The van der Waals surface area contributed by atoms with Gasteiger partial charge in [-0.25, -0.2) is 4.98 Å². The Morgan fingerprint density at radius 2 is 2.15 bits per heavy atom. The minimum Gasteiger partial charge on any atom is -0.383 e. The summed E-state index contributed by atoms with van der Waals surface area (Å²) in [6, 6.07) is 3.98. The molecule has 2 heterocycles. The Labute approximate surface area is 131 Å². The predicted octanol–water partition coefficient (Wildman–Crippen LogP) is 4.38. The Morgan fingerprint density at radius 3 is 2.75 bits per heavy atom. The number of nitrogens with zero attached hydrogens (tertiary/aromatic N) is 3. The lowest BCUT2D eigenvalue weighted by Gasteiger charge is -2.21. The molecule has 0 saturated carbocycles. The van der Waals surface area contributed by atoms with Gasteiger partial charge in [0.2, 0.25) is 0 Å². The SMILES string of the molecule is CC(C)(C)CNc1c(C#N)cnc2c(Cl)nc(Br)cc12. The van der Waals surface area contributed by atoms with Crippen molar-refractivity contribution in [2.24, 2.45) is 5.41 Å². The zero-order valence-electron chi connectivity index (χ0n) is 11.5. The van der Waals surface area contributed by atoms with Crippen LogP contribution in [-0.2, 0) is 0 Å². The first kappa shape index (κ1) is 15.0. The summed E-state index contributed by atoms with van der Waals surface area (Å²) in [7, 11) is 0. The summed E-state index contributed by atoms with van der Waals surface area (Å²) in [5, 5.41) is 13.7. The number of halogens is 2. The van der Waals surface area contributed by atoms with Gasteiger partial charge in [-0.15, -0.1) is 0 Å². The number of anilines is 1. The van der Waals surface area contributed by atoms with Gasteiger partial charge >= 0.3 is 0 Å². The highest BCUT2D eigenvalue weighted by molar-refractivity contribution is 9.10. The van der Waals surface area contributed by atoms with E-state index in [2.05, 4.69) is 58.1 Å². The molecule has 1 N–H and O–H groups in total. The Hall–Kier alpha value is -1.38. The van der Waals surface area contributed by atoms with Crippen molar-refractivity contribution < 1.29 is 0 Å². The van der Waals surface area contributed by atoms with E-state index in [4.69, 9.17) is 11.6 Å². The average Bonchev–Trinajstić information content (AvgIpc) is 2.34. The molecule has 0 fully saturated rings. The smallest absolute Gasteiger partial charge is 0.156 e. The number of hydrogen-bond acceptors (Lipinski definition) is 4. The van der Waals surface area contributed by atoms with Gasteiger partial charge in [0.25, 0.3) is 0 Å². The Bertz CT molecular complexity index is 701. The molecular weight excluding hydrogens is 340 g/mol. The van der Waals surface area contributed by atoms with Crippen LogP contribution in [0.3, 0.4) is 0 Å². The van der Waals surface area contributed by atoms with Crippen molar-refractivity contribution in [1.82, 2.24) is 9.97 Å². The van der Waals surface area contributed by atoms with Crippen molar-refractivity contribution in [3.05, 3.63) is 27.6 Å². The van der Waals surface area contributed by atoms with E-state index in [9.17, 15) is 5.26 Å². The lowest BCUT2D eigenvalue weighted by atomic mass is 9.96. The zero-order valence-corrected chi connectivity index (χ0v) is 13.8. The second-order valence-corrected chi connectivity index (χ2v) is 6.88. The lowest BCUT2D eigenvalue weighted by molar-refractivity contribution is 0.443. The van der Waals surface area contributed by atoms with Gasteiger partial charge in [-0.1, -0.05) is 32.4 Å². The summed E-state index contributed by atoms with van der Waals surface area (Å²) in [5.74, 6) is 0. The first-order valence-corrected chi connectivity index (χ1v) is 7.27. The van der Waals surface area contributed by atoms with E-state index in [1.165, 1.54) is 6.20 Å². The normalized spacial score (nSPS) is 11.4. The molecule has 2 rings (SSSR count). The lowest BCUT2D eigenvalue weighted by Crippen LogP contribution is -2.19. The number of nitriles is 1. The zero-order chi connectivity index (χ0) is 14.9. The summed E-state index contributed by atoms with van der Waals surface area (Å²) in [6.07, 6.45) is 1.52. The van der Waals surface area contributed by atoms with Gasteiger partial charge in [0.1, 0.15) is 16.2 Å². The van der Waals surface area contributed by atoms with Crippen LogP contribution in [0.5, 0.6) is 0 Å². The molecule has 0 aliphatic carbocycles. The largest absolute Gasteiger partial charge is 0.383 e. The van der Waals surface area contributed by atoms with Crippen LogP contribution in [0.25, 0.3) is 10.9 Å².